The van der Waals surface area contributed by atoms with Gasteiger partial charge in [-0.15, -0.1) is 0 Å². The van der Waals surface area contributed by atoms with Crippen molar-refractivity contribution in [1.29, 1.82) is 0 Å². The van der Waals surface area contributed by atoms with E-state index in [0.717, 1.165) is 36.1 Å². The fraction of sp³-hybridized carbons (Fsp3) is 0.265. The number of piperidine rings is 1. The largest absolute Gasteiger partial charge is 0.346 e. The van der Waals surface area contributed by atoms with Crippen LogP contribution in [0.25, 0.3) is 11.1 Å². The first kappa shape index (κ1) is 26.4. The number of hydrogen-bond donors (Lipinski definition) is 1. The van der Waals surface area contributed by atoms with Crippen LogP contribution in [0.1, 0.15) is 52.9 Å². The molecule has 0 unspecified atom stereocenters. The molecule has 0 spiro atoms. The van der Waals surface area contributed by atoms with E-state index in [2.05, 4.69) is 92.9 Å². The molecule has 0 aliphatic carbocycles. The van der Waals surface area contributed by atoms with Gasteiger partial charge in [-0.05, 0) is 97.3 Å². The van der Waals surface area contributed by atoms with E-state index in [9.17, 15) is 4.79 Å². The van der Waals surface area contributed by atoms with Gasteiger partial charge < -0.3 is 5.32 Å². The van der Waals surface area contributed by atoms with Gasteiger partial charge in [-0.1, -0.05) is 94.8 Å². The van der Waals surface area contributed by atoms with Crippen molar-refractivity contribution in [1.82, 2.24) is 10.2 Å². The maximum absolute atomic E-state index is 12.7. The standard InChI is InChI=1S/C34H35BrN2O/c1-25(29-15-17-33(35)18-16-29)36-34(38)32-13-7-26(8-14-32)23-27-19-21-37(22-20-27)24-28-9-11-31(12-10-28)30-5-3-2-4-6-30/h2-18,25,27H,19-24H2,1H3,(H,36,38)/t25-/m1/s1. The minimum absolute atomic E-state index is 0.0305. The molecule has 0 saturated carbocycles. The molecule has 1 N–H and O–H groups in total. The van der Waals surface area contributed by atoms with Crippen molar-refractivity contribution >= 4 is 21.8 Å². The predicted molar refractivity (Wildman–Crippen MR) is 160 cm³/mol. The van der Waals surface area contributed by atoms with Crippen molar-refractivity contribution in [2.24, 2.45) is 5.92 Å². The summed E-state index contributed by atoms with van der Waals surface area (Å²) in [6.45, 7) is 5.31. The summed E-state index contributed by atoms with van der Waals surface area (Å²) < 4.78 is 1.04. The van der Waals surface area contributed by atoms with Crippen LogP contribution in [0, 0.1) is 5.92 Å². The normalized spacial score (nSPS) is 15.2. The highest BCUT2D eigenvalue weighted by Gasteiger charge is 2.20. The molecule has 3 nitrogen and oxygen atoms in total. The molecule has 4 aromatic rings. The van der Waals surface area contributed by atoms with Crippen molar-refractivity contribution < 1.29 is 4.79 Å². The third kappa shape index (κ3) is 7.00. The number of halogens is 1. The van der Waals surface area contributed by atoms with Crippen LogP contribution in [0.2, 0.25) is 0 Å². The average molecular weight is 568 g/mol. The van der Waals surface area contributed by atoms with Crippen molar-refractivity contribution in [3.8, 4) is 11.1 Å². The van der Waals surface area contributed by atoms with Gasteiger partial charge in [-0.3, -0.25) is 9.69 Å². The molecule has 0 bridgehead atoms. The van der Waals surface area contributed by atoms with Gasteiger partial charge in [0.05, 0.1) is 6.04 Å². The second-order valence-corrected chi connectivity index (χ2v) is 11.3. The lowest BCUT2D eigenvalue weighted by atomic mass is 9.89. The van der Waals surface area contributed by atoms with E-state index < -0.39 is 0 Å². The minimum Gasteiger partial charge on any atom is -0.346 e. The van der Waals surface area contributed by atoms with Crippen LogP contribution in [0.4, 0.5) is 0 Å². The number of rotatable bonds is 8. The topological polar surface area (TPSA) is 32.3 Å². The first-order valence-electron chi connectivity index (χ1n) is 13.6. The first-order chi connectivity index (χ1) is 18.5. The molecule has 4 heteroatoms. The molecule has 1 saturated heterocycles. The van der Waals surface area contributed by atoms with Gasteiger partial charge >= 0.3 is 0 Å². The minimum atomic E-state index is -0.0396. The van der Waals surface area contributed by atoms with Gasteiger partial charge in [0.25, 0.3) is 5.91 Å². The molecule has 1 aliphatic heterocycles. The Bertz CT molecular complexity index is 1310. The summed E-state index contributed by atoms with van der Waals surface area (Å²) >= 11 is 3.46. The Morgan fingerprint density at radius 2 is 1.42 bits per heavy atom. The van der Waals surface area contributed by atoms with Crippen LogP contribution in [-0.2, 0) is 13.0 Å². The SMILES string of the molecule is C[C@@H](NC(=O)c1ccc(CC2CCN(Cc3ccc(-c4ccccc4)cc3)CC2)cc1)c1ccc(Br)cc1. The van der Waals surface area contributed by atoms with E-state index in [1.165, 1.54) is 35.1 Å². The highest BCUT2D eigenvalue weighted by atomic mass is 79.9. The zero-order chi connectivity index (χ0) is 26.3. The average Bonchev–Trinajstić information content (AvgIpc) is 2.96. The smallest absolute Gasteiger partial charge is 0.251 e. The molecule has 1 fully saturated rings. The van der Waals surface area contributed by atoms with Crippen LogP contribution in [-0.4, -0.2) is 23.9 Å². The monoisotopic (exact) mass is 566 g/mol. The molecule has 0 aromatic heterocycles. The molecule has 38 heavy (non-hydrogen) atoms. The lowest BCUT2D eigenvalue weighted by molar-refractivity contribution is 0.0940. The van der Waals surface area contributed by atoms with Gasteiger partial charge in [0, 0.05) is 16.6 Å². The number of nitrogens with zero attached hydrogens (tertiary/aromatic N) is 1. The Kier molecular flexibility index (Phi) is 8.72. The number of carbonyl (C=O) groups is 1. The zero-order valence-corrected chi connectivity index (χ0v) is 23.5. The summed E-state index contributed by atoms with van der Waals surface area (Å²) in [5.41, 5.74) is 7.04. The molecule has 1 amide bonds. The molecule has 1 aliphatic rings. The number of benzene rings is 4. The quantitative estimate of drug-likeness (QED) is 0.234. The highest BCUT2D eigenvalue weighted by Crippen LogP contribution is 2.25. The van der Waals surface area contributed by atoms with E-state index in [-0.39, 0.29) is 11.9 Å². The van der Waals surface area contributed by atoms with Gasteiger partial charge in [0.1, 0.15) is 0 Å². The maximum atomic E-state index is 12.7. The molecule has 5 rings (SSSR count). The first-order valence-corrected chi connectivity index (χ1v) is 14.3. The van der Waals surface area contributed by atoms with E-state index in [1.54, 1.807) is 0 Å². The Hall–Kier alpha value is -3.21. The summed E-state index contributed by atoms with van der Waals surface area (Å²) in [5.74, 6) is 0.667. The Morgan fingerprint density at radius 1 is 0.816 bits per heavy atom. The van der Waals surface area contributed by atoms with E-state index in [4.69, 9.17) is 0 Å². The predicted octanol–water partition coefficient (Wildman–Crippen LogP) is 8.06. The summed E-state index contributed by atoms with van der Waals surface area (Å²) in [5, 5.41) is 3.11. The summed E-state index contributed by atoms with van der Waals surface area (Å²) in [6.07, 6.45) is 3.51. The molecule has 194 valence electrons. The molecule has 0 radical (unpaired) electrons. The Labute approximate surface area is 235 Å². The van der Waals surface area contributed by atoms with E-state index in [1.807, 2.05) is 43.3 Å². The highest BCUT2D eigenvalue weighted by molar-refractivity contribution is 9.10. The van der Waals surface area contributed by atoms with Gasteiger partial charge in [-0.25, -0.2) is 0 Å². The van der Waals surface area contributed by atoms with Crippen molar-refractivity contribution in [3.05, 3.63) is 130 Å². The third-order valence-corrected chi connectivity index (χ3v) is 8.16. The fourth-order valence-corrected chi connectivity index (χ4v) is 5.54. The number of carbonyl (C=O) groups excluding carboxylic acids is 1. The molecule has 1 atom stereocenters. The number of hydrogen-bond acceptors (Lipinski definition) is 2. The van der Waals surface area contributed by atoms with Gasteiger partial charge in [0.15, 0.2) is 0 Å². The summed E-state index contributed by atoms with van der Waals surface area (Å²) in [7, 11) is 0. The lowest BCUT2D eigenvalue weighted by Crippen LogP contribution is -2.33. The van der Waals surface area contributed by atoms with Crippen LogP contribution in [0.15, 0.2) is 108 Å². The van der Waals surface area contributed by atoms with Crippen LogP contribution in [0.5, 0.6) is 0 Å². The fourth-order valence-electron chi connectivity index (χ4n) is 5.28. The summed E-state index contributed by atoms with van der Waals surface area (Å²) in [6, 6.07) is 35.8. The second-order valence-electron chi connectivity index (χ2n) is 10.4. The molecular formula is C34H35BrN2O. The van der Waals surface area contributed by atoms with Crippen molar-refractivity contribution in [3.63, 3.8) is 0 Å². The van der Waals surface area contributed by atoms with E-state index in [0.29, 0.717) is 11.5 Å². The van der Waals surface area contributed by atoms with Crippen molar-refractivity contribution in [2.45, 2.75) is 38.8 Å². The molecule has 1 heterocycles. The van der Waals surface area contributed by atoms with Crippen LogP contribution in [0.3, 0.4) is 0 Å². The number of amides is 1. The number of likely N-dealkylation sites (tertiary alicyclic amines) is 1. The summed E-state index contributed by atoms with van der Waals surface area (Å²) in [4.78, 5) is 15.3. The zero-order valence-electron chi connectivity index (χ0n) is 21.9. The maximum Gasteiger partial charge on any atom is 0.251 e. The molecular weight excluding hydrogens is 532 g/mol. The van der Waals surface area contributed by atoms with Gasteiger partial charge in [0.2, 0.25) is 0 Å². The molecule has 4 aromatic carbocycles. The Balaban J connectivity index is 1.07. The van der Waals surface area contributed by atoms with E-state index >= 15 is 0 Å². The van der Waals surface area contributed by atoms with Crippen LogP contribution >= 0.6 is 15.9 Å². The number of nitrogens with one attached hydrogen (secondary N) is 1. The third-order valence-electron chi connectivity index (χ3n) is 7.63. The second kappa shape index (κ2) is 12.6. The van der Waals surface area contributed by atoms with Crippen LogP contribution < -0.4 is 5.32 Å². The lowest BCUT2D eigenvalue weighted by Gasteiger charge is -2.32. The van der Waals surface area contributed by atoms with Gasteiger partial charge in [-0.2, -0.15) is 0 Å². The van der Waals surface area contributed by atoms with Crippen molar-refractivity contribution in [2.75, 3.05) is 13.1 Å². The Morgan fingerprint density at radius 3 is 2.08 bits per heavy atom.